The zero-order valence-electron chi connectivity index (χ0n) is 13.0. The van der Waals surface area contributed by atoms with Crippen LogP contribution in [0.4, 0.5) is 11.6 Å². The summed E-state index contributed by atoms with van der Waals surface area (Å²) in [6.07, 6.45) is 0. The van der Waals surface area contributed by atoms with E-state index in [0.717, 1.165) is 0 Å². The molecule has 1 aromatic heterocycles. The molecular formula is C13H17N5O6S. The molecule has 5 N–H and O–H groups in total. The van der Waals surface area contributed by atoms with Crippen LogP contribution in [0.1, 0.15) is 0 Å². The van der Waals surface area contributed by atoms with Gasteiger partial charge in [0.05, 0.1) is 18.1 Å². The van der Waals surface area contributed by atoms with Crippen molar-refractivity contribution < 1.29 is 28.1 Å². The number of benzene rings is 1. The Morgan fingerprint density at radius 3 is 1.92 bits per heavy atom. The molecule has 0 aliphatic rings. The van der Waals surface area contributed by atoms with E-state index in [1.54, 1.807) is 0 Å². The second-order valence-corrected chi connectivity index (χ2v) is 6.12. The van der Waals surface area contributed by atoms with Crippen molar-refractivity contribution in [3.63, 3.8) is 0 Å². The molecule has 0 saturated heterocycles. The van der Waals surface area contributed by atoms with E-state index in [1.165, 1.54) is 24.3 Å². The quantitative estimate of drug-likeness (QED) is 0.429. The second-order valence-electron chi connectivity index (χ2n) is 4.56. The van der Waals surface area contributed by atoms with Gasteiger partial charge in [-0.25, -0.2) is 13.6 Å². The Morgan fingerprint density at radius 2 is 1.48 bits per heavy atom. The minimum absolute atomic E-state index is 0.0219. The molecule has 0 bridgehead atoms. The summed E-state index contributed by atoms with van der Waals surface area (Å²) >= 11 is 0. The number of hydrogen-bond acceptors (Lipinski definition) is 10. The number of anilines is 2. The fraction of sp³-hybridized carbons (Fsp3) is 0.308. The summed E-state index contributed by atoms with van der Waals surface area (Å²) in [5.74, 6) is 0.0687. The predicted molar refractivity (Wildman–Crippen MR) is 86.1 cm³/mol. The number of nitrogens with zero attached hydrogens (tertiary/aromatic N) is 3. The van der Waals surface area contributed by atoms with Gasteiger partial charge in [-0.2, -0.15) is 9.97 Å². The van der Waals surface area contributed by atoms with Gasteiger partial charge < -0.3 is 25.0 Å². The van der Waals surface area contributed by atoms with Gasteiger partial charge in [0, 0.05) is 5.69 Å². The van der Waals surface area contributed by atoms with Crippen molar-refractivity contribution in [3.8, 4) is 12.0 Å². The van der Waals surface area contributed by atoms with Gasteiger partial charge in [0.25, 0.3) is 0 Å². The van der Waals surface area contributed by atoms with Gasteiger partial charge in [-0.05, 0) is 24.3 Å². The summed E-state index contributed by atoms with van der Waals surface area (Å²) in [6.45, 7) is -0.496. The maximum absolute atomic E-state index is 11.2. The van der Waals surface area contributed by atoms with Gasteiger partial charge in [-0.1, -0.05) is 0 Å². The average molecular weight is 371 g/mol. The van der Waals surface area contributed by atoms with E-state index in [2.05, 4.69) is 20.3 Å². The first kappa shape index (κ1) is 18.8. The molecule has 1 aromatic carbocycles. The second kappa shape index (κ2) is 8.53. The van der Waals surface area contributed by atoms with Crippen LogP contribution in [-0.4, -0.2) is 60.0 Å². The van der Waals surface area contributed by atoms with Crippen molar-refractivity contribution in [2.45, 2.75) is 4.90 Å². The molecule has 0 saturated carbocycles. The van der Waals surface area contributed by atoms with Crippen LogP contribution in [0.2, 0.25) is 0 Å². The Balaban J connectivity index is 2.21. The van der Waals surface area contributed by atoms with Crippen LogP contribution in [0.15, 0.2) is 29.2 Å². The molecular weight excluding hydrogens is 354 g/mol. The van der Waals surface area contributed by atoms with Gasteiger partial charge in [-0.15, -0.1) is 4.98 Å². The number of aromatic nitrogens is 3. The number of nitrogens with two attached hydrogens (primary N) is 1. The monoisotopic (exact) mass is 371 g/mol. The fourth-order valence-corrected chi connectivity index (χ4v) is 2.17. The van der Waals surface area contributed by atoms with Crippen LogP contribution in [0.3, 0.4) is 0 Å². The van der Waals surface area contributed by atoms with E-state index in [-0.39, 0.29) is 49.3 Å². The van der Waals surface area contributed by atoms with Crippen LogP contribution in [0, 0.1) is 0 Å². The highest BCUT2D eigenvalue weighted by atomic mass is 32.2. The van der Waals surface area contributed by atoms with E-state index < -0.39 is 10.0 Å². The van der Waals surface area contributed by atoms with E-state index in [0.29, 0.717) is 5.69 Å². The lowest BCUT2D eigenvalue weighted by molar-refractivity contribution is 0.177. The van der Waals surface area contributed by atoms with Crippen molar-refractivity contribution in [1.82, 2.24) is 15.0 Å². The highest BCUT2D eigenvalue weighted by Crippen LogP contribution is 2.19. The van der Waals surface area contributed by atoms with Crippen molar-refractivity contribution in [2.24, 2.45) is 5.14 Å². The molecule has 0 aliphatic carbocycles. The lowest BCUT2D eigenvalue weighted by atomic mass is 10.3. The number of aliphatic hydroxyl groups is 2. The van der Waals surface area contributed by atoms with Crippen LogP contribution < -0.4 is 19.9 Å². The maximum atomic E-state index is 11.2. The number of primary sulfonamides is 1. The highest BCUT2D eigenvalue weighted by molar-refractivity contribution is 7.89. The number of ether oxygens (including phenoxy) is 2. The van der Waals surface area contributed by atoms with E-state index >= 15 is 0 Å². The number of rotatable bonds is 9. The molecule has 12 heteroatoms. The fourth-order valence-electron chi connectivity index (χ4n) is 1.65. The molecule has 11 nitrogen and oxygen atoms in total. The molecule has 0 atom stereocenters. The Labute approximate surface area is 143 Å². The summed E-state index contributed by atoms with van der Waals surface area (Å²) in [5.41, 5.74) is 0.486. The van der Waals surface area contributed by atoms with Gasteiger partial charge in [0.15, 0.2) is 0 Å². The Hall–Kier alpha value is -2.54. The molecule has 25 heavy (non-hydrogen) atoms. The van der Waals surface area contributed by atoms with Gasteiger partial charge in [0.1, 0.15) is 13.2 Å². The first-order chi connectivity index (χ1) is 11.9. The lowest BCUT2D eigenvalue weighted by Gasteiger charge is -2.09. The van der Waals surface area contributed by atoms with Crippen LogP contribution in [-0.2, 0) is 10.0 Å². The number of nitrogens with one attached hydrogen (secondary N) is 1. The number of sulfonamides is 1. The summed E-state index contributed by atoms with van der Waals surface area (Å²) in [6, 6.07) is 5.44. The minimum Gasteiger partial charge on any atom is -0.461 e. The first-order valence-electron chi connectivity index (χ1n) is 7.05. The van der Waals surface area contributed by atoms with Gasteiger partial charge >= 0.3 is 12.0 Å². The van der Waals surface area contributed by atoms with E-state index in [1.807, 2.05) is 0 Å². The smallest absolute Gasteiger partial charge is 0.324 e. The molecule has 0 aliphatic heterocycles. The molecule has 0 unspecified atom stereocenters. The van der Waals surface area contributed by atoms with Crippen molar-refractivity contribution in [1.29, 1.82) is 0 Å². The molecule has 2 aromatic rings. The standard InChI is InChI=1S/C13H17N5O6S/c14-25(21,22)10-3-1-9(2-4-10)15-11-16-12(23-7-5-19)18-13(17-11)24-8-6-20/h1-4,19-20H,5-8H2,(H2,14,21,22)(H,15,16,17,18). The molecule has 2 rings (SSSR count). The minimum atomic E-state index is -3.78. The number of hydrogen-bond donors (Lipinski definition) is 4. The van der Waals surface area contributed by atoms with E-state index in [9.17, 15) is 8.42 Å². The van der Waals surface area contributed by atoms with Crippen molar-refractivity contribution in [2.75, 3.05) is 31.7 Å². The van der Waals surface area contributed by atoms with Crippen LogP contribution >= 0.6 is 0 Å². The summed E-state index contributed by atoms with van der Waals surface area (Å²) in [7, 11) is -3.78. The van der Waals surface area contributed by atoms with Crippen LogP contribution in [0.25, 0.3) is 0 Å². The maximum Gasteiger partial charge on any atom is 0.324 e. The summed E-state index contributed by atoms with van der Waals surface area (Å²) < 4.78 is 32.7. The SMILES string of the molecule is NS(=O)(=O)c1ccc(Nc2nc(OCCO)nc(OCCO)n2)cc1. The lowest BCUT2D eigenvalue weighted by Crippen LogP contribution is -2.12. The normalized spacial score (nSPS) is 11.2. The van der Waals surface area contributed by atoms with Crippen molar-refractivity contribution in [3.05, 3.63) is 24.3 Å². The first-order valence-corrected chi connectivity index (χ1v) is 8.60. The van der Waals surface area contributed by atoms with Crippen molar-refractivity contribution >= 4 is 21.7 Å². The summed E-state index contributed by atoms with van der Waals surface area (Å²) in [5, 5.41) is 25.5. The predicted octanol–water partition coefficient (Wildman–Crippen LogP) is -0.995. The van der Waals surface area contributed by atoms with E-state index in [4.69, 9.17) is 24.8 Å². The third-order valence-corrected chi connectivity index (χ3v) is 3.61. The molecule has 1 heterocycles. The van der Waals surface area contributed by atoms with Gasteiger partial charge in [-0.3, -0.25) is 0 Å². The average Bonchev–Trinajstić information content (AvgIpc) is 2.58. The molecule has 0 fully saturated rings. The van der Waals surface area contributed by atoms with Crippen LogP contribution in [0.5, 0.6) is 12.0 Å². The Morgan fingerprint density at radius 1 is 0.960 bits per heavy atom. The molecule has 0 spiro atoms. The third-order valence-electron chi connectivity index (χ3n) is 2.68. The molecule has 136 valence electrons. The third kappa shape index (κ3) is 5.79. The molecule has 0 radical (unpaired) electrons. The Bertz CT molecular complexity index is 773. The Kier molecular flexibility index (Phi) is 6.41. The highest BCUT2D eigenvalue weighted by Gasteiger charge is 2.11. The zero-order chi connectivity index (χ0) is 18.3. The largest absolute Gasteiger partial charge is 0.461 e. The topological polar surface area (TPSA) is 170 Å². The summed E-state index contributed by atoms with van der Waals surface area (Å²) in [4.78, 5) is 11.8. The number of aliphatic hydroxyl groups excluding tert-OH is 2. The van der Waals surface area contributed by atoms with Gasteiger partial charge in [0.2, 0.25) is 16.0 Å². The zero-order valence-corrected chi connectivity index (χ0v) is 13.8. The molecule has 0 amide bonds.